The van der Waals surface area contributed by atoms with Crippen LogP contribution >= 0.6 is 0 Å². The molecule has 0 saturated carbocycles. The van der Waals surface area contributed by atoms with Gasteiger partial charge in [-0.2, -0.15) is 4.98 Å². The molecule has 3 rings (SSSR count). The predicted molar refractivity (Wildman–Crippen MR) is 96.2 cm³/mol. The van der Waals surface area contributed by atoms with Crippen molar-refractivity contribution in [3.8, 4) is 17.1 Å². The van der Waals surface area contributed by atoms with Crippen molar-refractivity contribution >= 4 is 10.0 Å². The molecule has 1 heterocycles. The van der Waals surface area contributed by atoms with Gasteiger partial charge in [-0.15, -0.1) is 0 Å². The van der Waals surface area contributed by atoms with Gasteiger partial charge in [0.2, 0.25) is 21.7 Å². The monoisotopic (exact) mass is 373 g/mol. The van der Waals surface area contributed by atoms with E-state index in [1.165, 1.54) is 7.11 Å². The molecule has 0 spiro atoms. The van der Waals surface area contributed by atoms with E-state index in [-0.39, 0.29) is 23.1 Å². The minimum Gasteiger partial charge on any atom is -0.495 e. The molecule has 0 aliphatic rings. The Balaban J connectivity index is 1.77. The van der Waals surface area contributed by atoms with Crippen molar-refractivity contribution in [2.45, 2.75) is 25.3 Å². The highest BCUT2D eigenvalue weighted by Gasteiger charge is 2.21. The van der Waals surface area contributed by atoms with Gasteiger partial charge in [0, 0.05) is 5.56 Å². The molecule has 0 unspecified atom stereocenters. The first-order valence-corrected chi connectivity index (χ1v) is 9.41. The summed E-state index contributed by atoms with van der Waals surface area (Å²) in [5, 5.41) is 3.89. The molecule has 0 aliphatic carbocycles. The van der Waals surface area contributed by atoms with E-state index in [0.717, 1.165) is 16.7 Å². The fourth-order valence-corrected chi connectivity index (χ4v) is 3.60. The van der Waals surface area contributed by atoms with Crippen molar-refractivity contribution in [1.29, 1.82) is 0 Å². The molecule has 1 aromatic heterocycles. The Bertz CT molecular complexity index is 1010. The summed E-state index contributed by atoms with van der Waals surface area (Å²) in [6.07, 6.45) is 0. The van der Waals surface area contributed by atoms with Crippen molar-refractivity contribution < 1.29 is 17.7 Å². The van der Waals surface area contributed by atoms with Gasteiger partial charge in [-0.1, -0.05) is 41.1 Å². The summed E-state index contributed by atoms with van der Waals surface area (Å²) in [5.41, 5.74) is 2.73. The van der Waals surface area contributed by atoms with Crippen LogP contribution in [0.25, 0.3) is 11.4 Å². The largest absolute Gasteiger partial charge is 0.495 e. The van der Waals surface area contributed by atoms with Crippen LogP contribution in [0.1, 0.15) is 17.0 Å². The number of methoxy groups -OCH3 is 1. The quantitative estimate of drug-likeness (QED) is 0.714. The lowest BCUT2D eigenvalue weighted by Gasteiger charge is -2.10. The topological polar surface area (TPSA) is 94.3 Å². The molecule has 0 bridgehead atoms. The van der Waals surface area contributed by atoms with E-state index >= 15 is 0 Å². The highest BCUT2D eigenvalue weighted by molar-refractivity contribution is 7.89. The fraction of sp³-hybridized carbons (Fsp3) is 0.222. The molecule has 1 N–H and O–H groups in total. The number of ether oxygens (including phenoxy) is 1. The molecular formula is C18H19N3O4S. The van der Waals surface area contributed by atoms with E-state index in [1.54, 1.807) is 18.2 Å². The minimum absolute atomic E-state index is 0.0678. The Morgan fingerprint density at radius 3 is 2.46 bits per heavy atom. The molecule has 0 atom stereocenters. The summed E-state index contributed by atoms with van der Waals surface area (Å²) in [7, 11) is -2.36. The first-order valence-electron chi connectivity index (χ1n) is 7.93. The second kappa shape index (κ2) is 7.27. The van der Waals surface area contributed by atoms with Gasteiger partial charge >= 0.3 is 0 Å². The molecule has 0 aliphatic heterocycles. The summed E-state index contributed by atoms with van der Waals surface area (Å²) in [6, 6.07) is 12.6. The number of nitrogens with zero attached hydrogens (tertiary/aromatic N) is 2. The molecule has 8 heteroatoms. The number of benzene rings is 2. The Hall–Kier alpha value is -2.71. The lowest BCUT2D eigenvalue weighted by atomic mass is 10.1. The lowest BCUT2D eigenvalue weighted by Crippen LogP contribution is -2.24. The summed E-state index contributed by atoms with van der Waals surface area (Å²) in [4.78, 5) is 4.30. The Kier molecular flexibility index (Phi) is 5.06. The predicted octanol–water partition coefficient (Wildman–Crippen LogP) is 2.84. The summed E-state index contributed by atoms with van der Waals surface area (Å²) in [5.74, 6) is 0.858. The van der Waals surface area contributed by atoms with Gasteiger partial charge in [0.15, 0.2) is 0 Å². The molecule has 136 valence electrons. The van der Waals surface area contributed by atoms with Crippen molar-refractivity contribution in [2.75, 3.05) is 7.11 Å². The van der Waals surface area contributed by atoms with E-state index in [1.807, 2.05) is 38.1 Å². The molecule has 7 nitrogen and oxygen atoms in total. The van der Waals surface area contributed by atoms with Crippen LogP contribution in [0.3, 0.4) is 0 Å². The number of aryl methyl sites for hydroxylation is 2. The van der Waals surface area contributed by atoms with Crippen LogP contribution in [0, 0.1) is 13.8 Å². The van der Waals surface area contributed by atoms with Crippen LogP contribution in [-0.4, -0.2) is 25.7 Å². The minimum atomic E-state index is -3.79. The molecule has 0 fully saturated rings. The number of aromatic nitrogens is 2. The molecule has 0 saturated heterocycles. The number of nitrogens with one attached hydrogen (secondary N) is 1. The molecule has 2 aromatic carbocycles. The maximum atomic E-state index is 12.6. The summed E-state index contributed by atoms with van der Waals surface area (Å²) >= 11 is 0. The van der Waals surface area contributed by atoms with E-state index in [0.29, 0.717) is 5.82 Å². The van der Waals surface area contributed by atoms with Gasteiger partial charge in [-0.05, 0) is 31.5 Å². The third-order valence-electron chi connectivity index (χ3n) is 3.80. The maximum absolute atomic E-state index is 12.6. The van der Waals surface area contributed by atoms with E-state index in [4.69, 9.17) is 9.26 Å². The van der Waals surface area contributed by atoms with E-state index in [9.17, 15) is 8.42 Å². The van der Waals surface area contributed by atoms with E-state index in [2.05, 4.69) is 14.9 Å². The Labute approximate surface area is 152 Å². The van der Waals surface area contributed by atoms with Crippen LogP contribution in [-0.2, 0) is 16.6 Å². The summed E-state index contributed by atoms with van der Waals surface area (Å²) in [6.45, 7) is 3.68. The van der Waals surface area contributed by atoms with Crippen molar-refractivity contribution in [3.05, 3.63) is 59.5 Å². The smallest absolute Gasteiger partial charge is 0.244 e. The second-order valence-corrected chi connectivity index (χ2v) is 7.59. The van der Waals surface area contributed by atoms with Crippen LogP contribution in [0.15, 0.2) is 51.9 Å². The number of hydrogen-bond acceptors (Lipinski definition) is 6. The van der Waals surface area contributed by atoms with Crippen molar-refractivity contribution in [2.24, 2.45) is 0 Å². The zero-order chi connectivity index (χ0) is 18.7. The Morgan fingerprint density at radius 2 is 1.77 bits per heavy atom. The van der Waals surface area contributed by atoms with Crippen LogP contribution in [0.2, 0.25) is 0 Å². The van der Waals surface area contributed by atoms with Gasteiger partial charge in [0.1, 0.15) is 10.6 Å². The van der Waals surface area contributed by atoms with Gasteiger partial charge in [-0.3, -0.25) is 0 Å². The zero-order valence-electron chi connectivity index (χ0n) is 14.7. The highest BCUT2D eigenvalue weighted by atomic mass is 32.2. The lowest BCUT2D eigenvalue weighted by molar-refractivity contribution is 0.375. The van der Waals surface area contributed by atoms with Crippen LogP contribution < -0.4 is 9.46 Å². The average Bonchev–Trinajstić information content (AvgIpc) is 3.10. The van der Waals surface area contributed by atoms with Gasteiger partial charge in [-0.25, -0.2) is 13.1 Å². The number of hydrogen-bond donors (Lipinski definition) is 1. The fourth-order valence-electron chi connectivity index (χ4n) is 2.37. The third-order valence-corrected chi connectivity index (χ3v) is 5.22. The SMILES string of the molecule is COc1ccc(C)cc1S(=O)(=O)NCc1nc(-c2ccc(C)cc2)no1. The third kappa shape index (κ3) is 3.92. The first kappa shape index (κ1) is 18.1. The van der Waals surface area contributed by atoms with Crippen molar-refractivity contribution in [1.82, 2.24) is 14.9 Å². The second-order valence-electron chi connectivity index (χ2n) is 5.86. The van der Waals surface area contributed by atoms with Crippen LogP contribution in [0.4, 0.5) is 0 Å². The summed E-state index contributed by atoms with van der Waals surface area (Å²) < 4.78 is 37.9. The highest BCUT2D eigenvalue weighted by Crippen LogP contribution is 2.24. The average molecular weight is 373 g/mol. The normalized spacial score (nSPS) is 11.5. The standard InChI is InChI=1S/C18H19N3O4S/c1-12-4-7-14(8-5-12)18-20-17(25-21-18)11-19-26(22,23)16-10-13(2)6-9-15(16)24-3/h4-10,19H,11H2,1-3H3. The molecule has 0 amide bonds. The van der Waals surface area contributed by atoms with Crippen LogP contribution in [0.5, 0.6) is 5.75 Å². The zero-order valence-corrected chi connectivity index (χ0v) is 15.5. The van der Waals surface area contributed by atoms with Gasteiger partial charge in [0.25, 0.3) is 0 Å². The maximum Gasteiger partial charge on any atom is 0.244 e. The van der Waals surface area contributed by atoms with Gasteiger partial charge < -0.3 is 9.26 Å². The molecule has 3 aromatic rings. The number of sulfonamides is 1. The van der Waals surface area contributed by atoms with E-state index < -0.39 is 10.0 Å². The molecular weight excluding hydrogens is 354 g/mol. The Morgan fingerprint density at radius 1 is 1.08 bits per heavy atom. The molecule has 26 heavy (non-hydrogen) atoms. The van der Waals surface area contributed by atoms with Crippen molar-refractivity contribution in [3.63, 3.8) is 0 Å². The first-order chi connectivity index (χ1) is 12.4. The van der Waals surface area contributed by atoms with Gasteiger partial charge in [0.05, 0.1) is 13.7 Å². The molecule has 0 radical (unpaired) electrons. The number of rotatable bonds is 6.